The molecule has 1 saturated heterocycles. The third kappa shape index (κ3) is 3.72. The highest BCUT2D eigenvalue weighted by molar-refractivity contribution is 6.30. The Balaban J connectivity index is 1.89. The largest absolute Gasteiger partial charge is 0.493 e. The zero-order valence-corrected chi connectivity index (χ0v) is 14.9. The zero-order chi connectivity index (χ0) is 18.7. The predicted octanol–water partition coefficient (Wildman–Crippen LogP) is 4.29. The van der Waals surface area contributed by atoms with Crippen molar-refractivity contribution >= 4 is 23.2 Å². The van der Waals surface area contributed by atoms with E-state index in [4.69, 9.17) is 21.1 Å². The lowest BCUT2D eigenvalue weighted by Gasteiger charge is -2.17. The van der Waals surface area contributed by atoms with Crippen LogP contribution in [0.4, 0.5) is 5.69 Å². The summed E-state index contributed by atoms with van der Waals surface area (Å²) in [6, 6.07) is 8.91. The van der Waals surface area contributed by atoms with Crippen molar-refractivity contribution in [3.8, 4) is 17.2 Å². The Kier molecular flexibility index (Phi) is 5.27. The molecule has 2 aromatic carbocycles. The van der Waals surface area contributed by atoms with Crippen LogP contribution in [-0.4, -0.2) is 35.9 Å². The number of amides is 1. The van der Waals surface area contributed by atoms with Crippen LogP contribution in [0.5, 0.6) is 17.2 Å². The highest BCUT2D eigenvalue weighted by Gasteiger charge is 2.22. The van der Waals surface area contributed by atoms with Crippen molar-refractivity contribution in [3.05, 3.63) is 57.1 Å². The number of hydrogen-bond donors (Lipinski definition) is 0. The summed E-state index contributed by atoms with van der Waals surface area (Å²) < 4.78 is 11.0. The molecule has 3 rings (SSSR count). The molecule has 8 heteroatoms. The fourth-order valence-corrected chi connectivity index (χ4v) is 2.99. The molecule has 1 aliphatic heterocycles. The average Bonchev–Trinajstić information content (AvgIpc) is 3.17. The molecule has 0 radical (unpaired) electrons. The molecule has 1 fully saturated rings. The monoisotopic (exact) mass is 376 g/mol. The second kappa shape index (κ2) is 7.61. The number of ether oxygens (including phenoxy) is 2. The van der Waals surface area contributed by atoms with Crippen molar-refractivity contribution in [1.82, 2.24) is 4.90 Å². The normalized spacial score (nSPS) is 13.5. The van der Waals surface area contributed by atoms with Crippen LogP contribution in [0.25, 0.3) is 0 Å². The van der Waals surface area contributed by atoms with Gasteiger partial charge in [-0.15, -0.1) is 0 Å². The van der Waals surface area contributed by atoms with E-state index in [1.54, 1.807) is 23.1 Å². The standard InChI is InChI=1S/C18H17ClN2O5/c1-25-17-10-12(18(22)20-8-2-3-9-20)4-6-16(17)26-15-7-5-13(19)11-14(15)21(23)24/h4-7,10-11H,2-3,8-9H2,1H3. The van der Waals surface area contributed by atoms with Gasteiger partial charge in [0, 0.05) is 29.7 Å². The lowest BCUT2D eigenvalue weighted by atomic mass is 10.1. The van der Waals surface area contributed by atoms with E-state index in [-0.39, 0.29) is 28.1 Å². The molecule has 0 N–H and O–H groups in total. The van der Waals surface area contributed by atoms with Gasteiger partial charge >= 0.3 is 5.69 Å². The molecular formula is C18H17ClN2O5. The molecule has 0 aromatic heterocycles. The number of likely N-dealkylation sites (tertiary alicyclic amines) is 1. The van der Waals surface area contributed by atoms with Gasteiger partial charge in [0.25, 0.3) is 5.91 Å². The van der Waals surface area contributed by atoms with Gasteiger partial charge in [0.2, 0.25) is 5.75 Å². The van der Waals surface area contributed by atoms with E-state index in [2.05, 4.69) is 0 Å². The van der Waals surface area contributed by atoms with Crippen LogP contribution in [0.3, 0.4) is 0 Å². The number of carbonyl (C=O) groups is 1. The Morgan fingerprint density at radius 2 is 1.81 bits per heavy atom. The van der Waals surface area contributed by atoms with Crippen LogP contribution >= 0.6 is 11.6 Å². The fourth-order valence-electron chi connectivity index (χ4n) is 2.83. The Hall–Kier alpha value is -2.80. The molecule has 0 atom stereocenters. The minimum absolute atomic E-state index is 0.0383. The number of nitro groups is 1. The molecule has 0 spiro atoms. The van der Waals surface area contributed by atoms with E-state index in [1.807, 2.05) is 0 Å². The van der Waals surface area contributed by atoms with Gasteiger partial charge in [0.1, 0.15) is 0 Å². The summed E-state index contributed by atoms with van der Waals surface area (Å²) in [5.41, 5.74) is 0.235. The average molecular weight is 377 g/mol. The summed E-state index contributed by atoms with van der Waals surface area (Å²) >= 11 is 5.81. The smallest absolute Gasteiger partial charge is 0.313 e. The Morgan fingerprint density at radius 1 is 1.12 bits per heavy atom. The van der Waals surface area contributed by atoms with Crippen molar-refractivity contribution in [2.45, 2.75) is 12.8 Å². The molecule has 0 aliphatic carbocycles. The van der Waals surface area contributed by atoms with Crippen molar-refractivity contribution < 1.29 is 19.2 Å². The first kappa shape index (κ1) is 18.0. The van der Waals surface area contributed by atoms with Crippen LogP contribution < -0.4 is 9.47 Å². The van der Waals surface area contributed by atoms with Gasteiger partial charge in [-0.05, 0) is 43.2 Å². The number of carbonyl (C=O) groups excluding carboxylic acids is 1. The van der Waals surface area contributed by atoms with E-state index in [1.165, 1.54) is 25.3 Å². The third-order valence-corrected chi connectivity index (χ3v) is 4.38. The van der Waals surface area contributed by atoms with E-state index >= 15 is 0 Å². The minimum Gasteiger partial charge on any atom is -0.493 e. The molecule has 26 heavy (non-hydrogen) atoms. The first-order valence-corrected chi connectivity index (χ1v) is 8.46. The molecule has 0 saturated carbocycles. The lowest BCUT2D eigenvalue weighted by Crippen LogP contribution is -2.27. The molecule has 136 valence electrons. The van der Waals surface area contributed by atoms with Crippen molar-refractivity contribution in [3.63, 3.8) is 0 Å². The highest BCUT2D eigenvalue weighted by atomic mass is 35.5. The number of hydrogen-bond acceptors (Lipinski definition) is 5. The zero-order valence-electron chi connectivity index (χ0n) is 14.1. The van der Waals surface area contributed by atoms with Crippen LogP contribution in [-0.2, 0) is 0 Å². The Bertz CT molecular complexity index is 849. The highest BCUT2D eigenvalue weighted by Crippen LogP contribution is 2.38. The minimum atomic E-state index is -0.570. The van der Waals surface area contributed by atoms with Crippen molar-refractivity contribution in [1.29, 1.82) is 0 Å². The molecule has 2 aromatic rings. The van der Waals surface area contributed by atoms with E-state index in [0.717, 1.165) is 25.9 Å². The van der Waals surface area contributed by atoms with Crippen LogP contribution in [0.1, 0.15) is 23.2 Å². The SMILES string of the molecule is COc1cc(C(=O)N2CCCC2)ccc1Oc1ccc(Cl)cc1[N+](=O)[O-]. The van der Waals surface area contributed by atoms with Gasteiger partial charge < -0.3 is 14.4 Å². The molecule has 1 amide bonds. The molecule has 0 bridgehead atoms. The van der Waals surface area contributed by atoms with Gasteiger partial charge in [-0.2, -0.15) is 0 Å². The van der Waals surface area contributed by atoms with E-state index in [0.29, 0.717) is 11.3 Å². The summed E-state index contributed by atoms with van der Waals surface area (Å²) in [6.07, 6.45) is 2.01. The molecular weight excluding hydrogens is 360 g/mol. The first-order valence-electron chi connectivity index (χ1n) is 8.08. The molecule has 0 unspecified atom stereocenters. The van der Waals surface area contributed by atoms with Gasteiger partial charge in [-0.1, -0.05) is 11.6 Å². The predicted molar refractivity (Wildman–Crippen MR) is 96.3 cm³/mol. The van der Waals surface area contributed by atoms with Gasteiger partial charge in [-0.25, -0.2) is 0 Å². The molecule has 1 heterocycles. The maximum absolute atomic E-state index is 12.5. The maximum Gasteiger partial charge on any atom is 0.313 e. The van der Waals surface area contributed by atoms with Crippen LogP contribution in [0.2, 0.25) is 5.02 Å². The number of nitrogens with zero attached hydrogens (tertiary/aromatic N) is 2. The summed E-state index contributed by atoms with van der Waals surface area (Å²) in [7, 11) is 1.45. The van der Waals surface area contributed by atoms with Gasteiger partial charge in [0.05, 0.1) is 12.0 Å². The lowest BCUT2D eigenvalue weighted by molar-refractivity contribution is -0.385. The summed E-state index contributed by atoms with van der Waals surface area (Å²) in [4.78, 5) is 24.9. The van der Waals surface area contributed by atoms with Crippen LogP contribution in [0.15, 0.2) is 36.4 Å². The van der Waals surface area contributed by atoms with E-state index in [9.17, 15) is 14.9 Å². The van der Waals surface area contributed by atoms with Gasteiger partial charge in [-0.3, -0.25) is 14.9 Å². The van der Waals surface area contributed by atoms with Crippen molar-refractivity contribution in [2.24, 2.45) is 0 Å². The molecule has 7 nitrogen and oxygen atoms in total. The van der Waals surface area contributed by atoms with Crippen LogP contribution in [0, 0.1) is 10.1 Å². The summed E-state index contributed by atoms with van der Waals surface area (Å²) in [5.74, 6) is 0.566. The third-order valence-electron chi connectivity index (χ3n) is 4.14. The Morgan fingerprint density at radius 3 is 2.46 bits per heavy atom. The summed E-state index contributed by atoms with van der Waals surface area (Å²) in [6.45, 7) is 1.49. The number of halogens is 1. The quantitative estimate of drug-likeness (QED) is 0.574. The number of benzene rings is 2. The van der Waals surface area contributed by atoms with E-state index < -0.39 is 4.92 Å². The molecule has 1 aliphatic rings. The summed E-state index contributed by atoms with van der Waals surface area (Å²) in [5, 5.41) is 11.4. The number of nitro benzene ring substituents is 1. The number of methoxy groups -OCH3 is 1. The second-order valence-electron chi connectivity index (χ2n) is 5.84. The number of rotatable bonds is 5. The second-order valence-corrected chi connectivity index (χ2v) is 6.27. The fraction of sp³-hybridized carbons (Fsp3) is 0.278. The topological polar surface area (TPSA) is 81.9 Å². The maximum atomic E-state index is 12.5. The van der Waals surface area contributed by atoms with Gasteiger partial charge in [0.15, 0.2) is 11.5 Å². The van der Waals surface area contributed by atoms with Crippen molar-refractivity contribution in [2.75, 3.05) is 20.2 Å². The Labute approximate surface area is 155 Å². The first-order chi connectivity index (χ1) is 12.5.